The number of aryl methyl sites for hydroxylation is 2. The molecular formula is C20H21F2N9O. The number of hydrogen-bond donors (Lipinski definition) is 2. The van der Waals surface area contributed by atoms with Crippen LogP contribution in [0, 0.1) is 18.6 Å². The summed E-state index contributed by atoms with van der Waals surface area (Å²) < 4.78 is 29.2. The molecule has 1 aliphatic heterocycles. The molecule has 1 aliphatic rings. The SMILES string of the molecule is Cc1cc(-c2nc(NCCNC(=O)N3N=CC[C@H]3c3cncc(F)c3)ncc2F)n(C)n1. The highest BCUT2D eigenvalue weighted by atomic mass is 19.1. The Kier molecular flexibility index (Phi) is 6.01. The van der Waals surface area contributed by atoms with Crippen molar-refractivity contribution in [3.8, 4) is 11.4 Å². The largest absolute Gasteiger partial charge is 0.352 e. The third-order valence-electron chi connectivity index (χ3n) is 4.82. The molecule has 0 fully saturated rings. The van der Waals surface area contributed by atoms with Crippen LogP contribution in [0.1, 0.15) is 23.7 Å². The molecule has 0 bridgehead atoms. The first-order valence-corrected chi connectivity index (χ1v) is 9.89. The highest BCUT2D eigenvalue weighted by Gasteiger charge is 2.28. The lowest BCUT2D eigenvalue weighted by Gasteiger charge is -2.22. The van der Waals surface area contributed by atoms with Gasteiger partial charge < -0.3 is 10.6 Å². The van der Waals surface area contributed by atoms with Crippen LogP contribution in [0.15, 0.2) is 35.8 Å². The standard InChI is InChI=1S/C20H21F2N9O/c1-12-7-17(30(2)29-12)18-15(22)11-26-19(28-18)24-5-6-25-20(32)31-16(3-4-27-31)13-8-14(21)10-23-9-13/h4,7-11,16H,3,5-6H2,1-2H3,(H,25,32)(H,24,26,28)/t16-/m0/s1. The number of halogens is 2. The Morgan fingerprint density at radius 2 is 2.06 bits per heavy atom. The lowest BCUT2D eigenvalue weighted by atomic mass is 10.1. The molecule has 0 spiro atoms. The number of aromatic nitrogens is 5. The summed E-state index contributed by atoms with van der Waals surface area (Å²) in [5.41, 5.74) is 1.97. The van der Waals surface area contributed by atoms with Crippen molar-refractivity contribution in [3.05, 3.63) is 53.6 Å². The van der Waals surface area contributed by atoms with E-state index in [0.29, 0.717) is 24.2 Å². The molecule has 12 heteroatoms. The van der Waals surface area contributed by atoms with Crippen LogP contribution in [-0.4, -0.2) is 55.1 Å². The average Bonchev–Trinajstić information content (AvgIpc) is 3.38. The van der Waals surface area contributed by atoms with E-state index < -0.39 is 23.7 Å². The van der Waals surface area contributed by atoms with Crippen LogP contribution in [0.25, 0.3) is 11.4 Å². The van der Waals surface area contributed by atoms with Crippen LogP contribution in [0.5, 0.6) is 0 Å². The molecule has 0 aliphatic carbocycles. The number of anilines is 1. The first-order chi connectivity index (χ1) is 15.4. The van der Waals surface area contributed by atoms with Gasteiger partial charge in [-0.25, -0.2) is 28.6 Å². The number of nitrogens with zero attached hydrogens (tertiary/aromatic N) is 7. The molecule has 32 heavy (non-hydrogen) atoms. The number of rotatable bonds is 6. The molecule has 0 saturated heterocycles. The van der Waals surface area contributed by atoms with Crippen LogP contribution in [0.2, 0.25) is 0 Å². The van der Waals surface area contributed by atoms with E-state index in [1.807, 2.05) is 6.92 Å². The van der Waals surface area contributed by atoms with Crippen molar-refractivity contribution < 1.29 is 13.6 Å². The summed E-state index contributed by atoms with van der Waals surface area (Å²) in [7, 11) is 1.71. The van der Waals surface area contributed by atoms with Gasteiger partial charge in [-0.2, -0.15) is 10.2 Å². The zero-order valence-corrected chi connectivity index (χ0v) is 17.5. The molecule has 0 unspecified atom stereocenters. The first kappa shape index (κ1) is 21.3. The smallest absolute Gasteiger partial charge is 0.338 e. The summed E-state index contributed by atoms with van der Waals surface area (Å²) in [6.45, 7) is 2.34. The van der Waals surface area contributed by atoms with E-state index in [9.17, 15) is 13.6 Å². The minimum Gasteiger partial charge on any atom is -0.352 e. The quantitative estimate of drug-likeness (QED) is 0.568. The summed E-state index contributed by atoms with van der Waals surface area (Å²) >= 11 is 0. The number of carbonyl (C=O) groups is 1. The number of hydrogen-bond acceptors (Lipinski definition) is 7. The number of amides is 2. The van der Waals surface area contributed by atoms with Gasteiger partial charge in [0, 0.05) is 39.0 Å². The summed E-state index contributed by atoms with van der Waals surface area (Å²) in [4.78, 5) is 24.5. The van der Waals surface area contributed by atoms with E-state index in [1.54, 1.807) is 24.0 Å². The van der Waals surface area contributed by atoms with Gasteiger partial charge in [-0.15, -0.1) is 0 Å². The van der Waals surface area contributed by atoms with Crippen molar-refractivity contribution in [2.75, 3.05) is 18.4 Å². The Balaban J connectivity index is 1.33. The Bertz CT molecular complexity index is 1160. The lowest BCUT2D eigenvalue weighted by molar-refractivity contribution is 0.186. The zero-order valence-electron chi connectivity index (χ0n) is 17.5. The molecule has 4 heterocycles. The van der Waals surface area contributed by atoms with E-state index in [1.165, 1.54) is 17.3 Å². The van der Waals surface area contributed by atoms with E-state index in [0.717, 1.165) is 18.1 Å². The van der Waals surface area contributed by atoms with Gasteiger partial charge in [0.25, 0.3) is 0 Å². The molecule has 4 rings (SSSR count). The summed E-state index contributed by atoms with van der Waals surface area (Å²) in [5.74, 6) is -0.812. The first-order valence-electron chi connectivity index (χ1n) is 9.89. The number of pyridine rings is 1. The Morgan fingerprint density at radius 1 is 1.22 bits per heavy atom. The van der Waals surface area contributed by atoms with Gasteiger partial charge in [-0.3, -0.25) is 9.67 Å². The minimum atomic E-state index is -0.559. The number of urea groups is 1. The predicted molar refractivity (Wildman–Crippen MR) is 113 cm³/mol. The second-order valence-electron chi connectivity index (χ2n) is 7.17. The van der Waals surface area contributed by atoms with Gasteiger partial charge in [-0.1, -0.05) is 0 Å². The van der Waals surface area contributed by atoms with Gasteiger partial charge >= 0.3 is 6.03 Å². The highest BCUT2D eigenvalue weighted by molar-refractivity contribution is 5.78. The monoisotopic (exact) mass is 441 g/mol. The Hall–Kier alpha value is -3.96. The molecule has 0 saturated carbocycles. The normalized spacial score (nSPS) is 15.2. The van der Waals surface area contributed by atoms with E-state index in [4.69, 9.17) is 0 Å². The van der Waals surface area contributed by atoms with Crippen molar-refractivity contribution in [1.82, 2.24) is 35.1 Å². The molecular weight excluding hydrogens is 420 g/mol. The second-order valence-corrected chi connectivity index (χ2v) is 7.17. The molecule has 2 amide bonds. The lowest BCUT2D eigenvalue weighted by Crippen LogP contribution is -2.39. The van der Waals surface area contributed by atoms with Crippen LogP contribution >= 0.6 is 0 Å². The molecule has 0 radical (unpaired) electrons. The van der Waals surface area contributed by atoms with Crippen LogP contribution in [-0.2, 0) is 7.05 Å². The van der Waals surface area contributed by atoms with E-state index in [-0.39, 0.29) is 18.2 Å². The second kappa shape index (κ2) is 9.04. The Labute approximate surface area is 182 Å². The van der Waals surface area contributed by atoms with Crippen molar-refractivity contribution in [2.45, 2.75) is 19.4 Å². The third kappa shape index (κ3) is 4.53. The summed E-state index contributed by atoms with van der Waals surface area (Å²) in [5, 5.41) is 15.2. The van der Waals surface area contributed by atoms with Crippen molar-refractivity contribution in [3.63, 3.8) is 0 Å². The maximum atomic E-state index is 14.2. The fraction of sp³-hybridized carbons (Fsp3) is 0.300. The summed E-state index contributed by atoms with van der Waals surface area (Å²) in [6, 6.07) is 2.22. The highest BCUT2D eigenvalue weighted by Crippen LogP contribution is 2.27. The van der Waals surface area contributed by atoms with Crippen LogP contribution in [0.4, 0.5) is 19.5 Å². The Morgan fingerprint density at radius 3 is 2.81 bits per heavy atom. The third-order valence-corrected chi connectivity index (χ3v) is 4.82. The molecule has 3 aromatic heterocycles. The molecule has 166 valence electrons. The average molecular weight is 441 g/mol. The van der Waals surface area contributed by atoms with Gasteiger partial charge in [0.05, 0.1) is 29.8 Å². The van der Waals surface area contributed by atoms with Gasteiger partial charge in [0.1, 0.15) is 11.5 Å². The van der Waals surface area contributed by atoms with Gasteiger partial charge in [-0.05, 0) is 24.6 Å². The van der Waals surface area contributed by atoms with Gasteiger partial charge in [0.2, 0.25) is 5.95 Å². The van der Waals surface area contributed by atoms with Gasteiger partial charge in [0.15, 0.2) is 5.82 Å². The zero-order chi connectivity index (χ0) is 22.7. The number of hydrazone groups is 1. The number of carbonyl (C=O) groups excluding carboxylic acids is 1. The maximum absolute atomic E-state index is 14.2. The van der Waals surface area contributed by atoms with Crippen LogP contribution < -0.4 is 10.6 Å². The number of nitrogens with one attached hydrogen (secondary N) is 2. The molecule has 10 nitrogen and oxygen atoms in total. The topological polar surface area (TPSA) is 113 Å². The maximum Gasteiger partial charge on any atom is 0.338 e. The van der Waals surface area contributed by atoms with E-state index >= 15 is 0 Å². The fourth-order valence-electron chi connectivity index (χ4n) is 3.39. The molecule has 2 N–H and O–H groups in total. The summed E-state index contributed by atoms with van der Waals surface area (Å²) in [6.07, 6.45) is 5.77. The van der Waals surface area contributed by atoms with Crippen LogP contribution in [0.3, 0.4) is 0 Å². The molecule has 1 atom stereocenters. The van der Waals surface area contributed by atoms with Crippen molar-refractivity contribution in [2.24, 2.45) is 12.1 Å². The van der Waals surface area contributed by atoms with Crippen molar-refractivity contribution >= 4 is 18.2 Å². The van der Waals surface area contributed by atoms with E-state index in [2.05, 4.69) is 35.8 Å². The molecule has 0 aromatic carbocycles. The predicted octanol–water partition coefficient (Wildman–Crippen LogP) is 2.41. The fourth-order valence-corrected chi connectivity index (χ4v) is 3.39. The van der Waals surface area contributed by atoms with Crippen molar-refractivity contribution in [1.29, 1.82) is 0 Å². The minimum absolute atomic E-state index is 0.132. The molecule has 3 aromatic rings.